The number of carbonyl (C=O) groups is 1. The van der Waals surface area contributed by atoms with Crippen LogP contribution in [0.15, 0.2) is 6.07 Å². The van der Waals surface area contributed by atoms with Crippen LogP contribution in [0, 0.1) is 6.92 Å². The number of piperidine rings is 1. The zero-order chi connectivity index (χ0) is 12.7. The first-order valence-corrected chi connectivity index (χ1v) is 6.84. The Morgan fingerprint density at radius 1 is 1.44 bits per heavy atom. The zero-order valence-electron chi connectivity index (χ0n) is 10.8. The van der Waals surface area contributed by atoms with E-state index in [0.717, 1.165) is 32.2 Å². The van der Waals surface area contributed by atoms with E-state index >= 15 is 0 Å². The number of nitrogens with zero attached hydrogens (tertiary/aromatic N) is 1. The van der Waals surface area contributed by atoms with Crippen LogP contribution in [0.5, 0.6) is 0 Å². The van der Waals surface area contributed by atoms with Gasteiger partial charge in [0.25, 0.3) is 0 Å². The first kappa shape index (κ1) is 11.8. The van der Waals surface area contributed by atoms with Gasteiger partial charge in [0, 0.05) is 24.0 Å². The van der Waals surface area contributed by atoms with Gasteiger partial charge in [0.1, 0.15) is 6.04 Å². The summed E-state index contributed by atoms with van der Waals surface area (Å²) < 4.78 is 2.39. The number of carboxylic acids is 1. The van der Waals surface area contributed by atoms with Crippen molar-refractivity contribution in [2.75, 3.05) is 0 Å². The smallest absolute Gasteiger partial charge is 0.320 e. The van der Waals surface area contributed by atoms with Crippen molar-refractivity contribution in [3.8, 4) is 0 Å². The molecule has 1 saturated heterocycles. The molecule has 1 aromatic rings. The van der Waals surface area contributed by atoms with Gasteiger partial charge < -0.3 is 9.67 Å². The number of nitrogens with one attached hydrogen (secondary N) is 1. The molecule has 2 N–H and O–H groups in total. The number of aliphatic carboxylic acids is 1. The summed E-state index contributed by atoms with van der Waals surface area (Å²) in [6, 6.07) is 2.13. The number of carboxylic acid groups (broad SMARTS) is 1. The molecule has 0 spiro atoms. The quantitative estimate of drug-likeness (QED) is 0.841. The van der Waals surface area contributed by atoms with E-state index in [9.17, 15) is 4.79 Å². The molecule has 3 rings (SSSR count). The lowest BCUT2D eigenvalue weighted by atomic mass is 9.93. The molecular weight excluding hydrogens is 228 g/mol. The Morgan fingerprint density at radius 2 is 2.28 bits per heavy atom. The molecule has 0 aromatic carbocycles. The van der Waals surface area contributed by atoms with Crippen LogP contribution in [-0.4, -0.2) is 21.7 Å². The Kier molecular flexibility index (Phi) is 2.90. The predicted molar refractivity (Wildman–Crippen MR) is 68.6 cm³/mol. The molecule has 0 radical (unpaired) electrons. The minimum atomic E-state index is -0.718. The van der Waals surface area contributed by atoms with Crippen LogP contribution >= 0.6 is 0 Å². The molecule has 2 atom stereocenters. The zero-order valence-corrected chi connectivity index (χ0v) is 10.8. The lowest BCUT2D eigenvalue weighted by Crippen LogP contribution is -2.42. The molecule has 3 heterocycles. The molecule has 98 valence electrons. The summed E-state index contributed by atoms with van der Waals surface area (Å²) >= 11 is 0. The minimum absolute atomic E-state index is 0.220. The number of hydrogen-bond donors (Lipinski definition) is 2. The molecule has 2 aliphatic heterocycles. The fourth-order valence-corrected chi connectivity index (χ4v) is 3.40. The molecule has 1 fully saturated rings. The van der Waals surface area contributed by atoms with Crippen LogP contribution in [0.3, 0.4) is 0 Å². The summed E-state index contributed by atoms with van der Waals surface area (Å²) in [4.78, 5) is 11.1. The molecule has 2 aliphatic rings. The molecule has 0 bridgehead atoms. The van der Waals surface area contributed by atoms with Crippen LogP contribution in [0.4, 0.5) is 0 Å². The highest BCUT2D eigenvalue weighted by Gasteiger charge is 2.29. The van der Waals surface area contributed by atoms with Gasteiger partial charge in [-0.2, -0.15) is 0 Å². The van der Waals surface area contributed by atoms with Gasteiger partial charge in [-0.15, -0.1) is 0 Å². The first-order valence-electron chi connectivity index (χ1n) is 6.84. The summed E-state index contributed by atoms with van der Waals surface area (Å²) in [7, 11) is 0. The molecule has 18 heavy (non-hydrogen) atoms. The fraction of sp³-hybridized carbons (Fsp3) is 0.643. The molecule has 4 nitrogen and oxygen atoms in total. The molecular formula is C14H20N2O2. The Hall–Kier alpha value is -1.29. The summed E-state index contributed by atoms with van der Waals surface area (Å²) in [5, 5.41) is 12.4. The van der Waals surface area contributed by atoms with Crippen LogP contribution < -0.4 is 5.32 Å². The maximum absolute atomic E-state index is 11.1. The first-order chi connectivity index (χ1) is 8.66. The average molecular weight is 248 g/mol. The Labute approximate surface area is 107 Å². The van der Waals surface area contributed by atoms with Crippen LogP contribution in [-0.2, 0) is 17.8 Å². The fourth-order valence-electron chi connectivity index (χ4n) is 3.40. The number of rotatable bonds is 2. The summed E-state index contributed by atoms with van der Waals surface area (Å²) in [6.07, 6.45) is 5.20. The monoisotopic (exact) mass is 248 g/mol. The molecule has 0 amide bonds. The second-order valence-electron chi connectivity index (χ2n) is 5.47. The summed E-state index contributed by atoms with van der Waals surface area (Å²) in [6.45, 7) is 3.28. The van der Waals surface area contributed by atoms with Gasteiger partial charge in [-0.3, -0.25) is 10.1 Å². The van der Waals surface area contributed by atoms with Gasteiger partial charge in [0.2, 0.25) is 0 Å². The van der Waals surface area contributed by atoms with E-state index in [1.807, 2.05) is 0 Å². The Bertz CT molecular complexity index is 478. The van der Waals surface area contributed by atoms with E-state index in [1.165, 1.54) is 23.4 Å². The highest BCUT2D eigenvalue weighted by Crippen LogP contribution is 2.32. The molecule has 0 saturated carbocycles. The van der Waals surface area contributed by atoms with E-state index in [2.05, 4.69) is 22.9 Å². The summed E-state index contributed by atoms with van der Waals surface area (Å²) in [5.74, 6) is -0.718. The van der Waals surface area contributed by atoms with E-state index in [-0.39, 0.29) is 12.1 Å². The topological polar surface area (TPSA) is 54.3 Å². The van der Waals surface area contributed by atoms with Gasteiger partial charge >= 0.3 is 5.97 Å². The molecule has 0 aliphatic carbocycles. The number of hydrogen-bond acceptors (Lipinski definition) is 2. The standard InChI is InChI=1S/C14H20N2O2/c1-9-11(8-10-4-3-7-16(9)10)12-5-2-6-13(15-12)14(17)18/h8,12-13,15H,2-7H2,1H3,(H,17,18). The normalized spacial score (nSPS) is 27.2. The highest BCUT2D eigenvalue weighted by atomic mass is 16.4. The van der Waals surface area contributed by atoms with Crippen molar-refractivity contribution in [3.05, 3.63) is 23.0 Å². The average Bonchev–Trinajstić information content (AvgIpc) is 2.93. The lowest BCUT2D eigenvalue weighted by molar-refractivity contribution is -0.140. The SMILES string of the molecule is Cc1c(C2CCCC(C(=O)O)N2)cc2n1CCC2. The highest BCUT2D eigenvalue weighted by molar-refractivity contribution is 5.73. The number of aryl methyl sites for hydroxylation is 1. The number of aromatic nitrogens is 1. The Morgan fingerprint density at radius 3 is 3.00 bits per heavy atom. The molecule has 1 aromatic heterocycles. The second kappa shape index (κ2) is 4.43. The van der Waals surface area contributed by atoms with Crippen LogP contribution in [0.25, 0.3) is 0 Å². The third kappa shape index (κ3) is 1.85. The lowest BCUT2D eigenvalue weighted by Gasteiger charge is -2.29. The Balaban J connectivity index is 1.84. The van der Waals surface area contributed by atoms with Crippen molar-refractivity contribution in [3.63, 3.8) is 0 Å². The second-order valence-corrected chi connectivity index (χ2v) is 5.47. The molecule has 2 unspecified atom stereocenters. The summed E-state index contributed by atoms with van der Waals surface area (Å²) in [5.41, 5.74) is 4.06. The maximum atomic E-state index is 11.1. The van der Waals surface area contributed by atoms with Gasteiger partial charge in [-0.05, 0) is 50.7 Å². The van der Waals surface area contributed by atoms with E-state index in [1.54, 1.807) is 0 Å². The van der Waals surface area contributed by atoms with E-state index in [0.29, 0.717) is 0 Å². The van der Waals surface area contributed by atoms with Gasteiger partial charge in [-0.25, -0.2) is 0 Å². The van der Waals surface area contributed by atoms with Crippen LogP contribution in [0.1, 0.15) is 48.7 Å². The molecule has 4 heteroatoms. The van der Waals surface area contributed by atoms with Crippen molar-refractivity contribution >= 4 is 5.97 Å². The third-order valence-electron chi connectivity index (χ3n) is 4.37. The van der Waals surface area contributed by atoms with E-state index in [4.69, 9.17) is 5.11 Å². The third-order valence-corrected chi connectivity index (χ3v) is 4.37. The van der Waals surface area contributed by atoms with Crippen molar-refractivity contribution in [1.82, 2.24) is 9.88 Å². The largest absolute Gasteiger partial charge is 0.480 e. The van der Waals surface area contributed by atoms with Gasteiger partial charge in [0.15, 0.2) is 0 Å². The minimum Gasteiger partial charge on any atom is -0.480 e. The predicted octanol–water partition coefficient (Wildman–Crippen LogP) is 2.01. The van der Waals surface area contributed by atoms with E-state index < -0.39 is 5.97 Å². The van der Waals surface area contributed by atoms with Gasteiger partial charge in [-0.1, -0.05) is 0 Å². The van der Waals surface area contributed by atoms with Crippen molar-refractivity contribution in [2.24, 2.45) is 0 Å². The van der Waals surface area contributed by atoms with Crippen LogP contribution in [0.2, 0.25) is 0 Å². The van der Waals surface area contributed by atoms with Gasteiger partial charge in [0.05, 0.1) is 0 Å². The van der Waals surface area contributed by atoms with Crippen molar-refractivity contribution in [2.45, 2.75) is 57.7 Å². The van der Waals surface area contributed by atoms with Crippen molar-refractivity contribution in [1.29, 1.82) is 0 Å². The van der Waals surface area contributed by atoms with Crippen molar-refractivity contribution < 1.29 is 9.90 Å². The number of fused-ring (bicyclic) bond motifs is 1. The maximum Gasteiger partial charge on any atom is 0.320 e.